The number of ether oxygens (including phenoxy) is 1. The van der Waals surface area contributed by atoms with Gasteiger partial charge in [-0.25, -0.2) is 4.98 Å². The molecular weight excluding hydrogens is 220 g/mol. The molecule has 2 heterocycles. The lowest BCUT2D eigenvalue weighted by atomic mass is 9.75. The quantitative estimate of drug-likeness (QED) is 0.877. The number of nitrogens with two attached hydrogens (primary N) is 1. The normalized spacial score (nSPS) is 27.9. The Morgan fingerprint density at radius 2 is 2.44 bits per heavy atom. The third-order valence-corrected chi connectivity index (χ3v) is 4.79. The van der Waals surface area contributed by atoms with Gasteiger partial charge >= 0.3 is 0 Å². The van der Waals surface area contributed by atoms with Gasteiger partial charge in [0.15, 0.2) is 0 Å². The summed E-state index contributed by atoms with van der Waals surface area (Å²) in [4.78, 5) is 4.72. The maximum atomic E-state index is 6.24. The first-order valence-electron chi connectivity index (χ1n) is 6.06. The molecule has 1 saturated heterocycles. The Labute approximate surface area is 100 Å². The van der Waals surface area contributed by atoms with Crippen molar-refractivity contribution in [1.29, 1.82) is 0 Å². The van der Waals surface area contributed by atoms with E-state index in [1.54, 1.807) is 11.3 Å². The zero-order valence-corrected chi connectivity index (χ0v) is 10.3. The molecule has 1 aromatic rings. The Balaban J connectivity index is 1.67. The van der Waals surface area contributed by atoms with Gasteiger partial charge in [0.05, 0.1) is 17.3 Å². The summed E-state index contributed by atoms with van der Waals surface area (Å²) < 4.78 is 5.40. The van der Waals surface area contributed by atoms with Crippen LogP contribution in [0.25, 0.3) is 0 Å². The molecular formula is C12H18N2OS. The molecule has 0 spiro atoms. The number of rotatable bonds is 3. The largest absolute Gasteiger partial charge is 0.381 e. The lowest BCUT2D eigenvalue weighted by molar-refractivity contribution is 0.194. The Kier molecular flexibility index (Phi) is 2.73. The van der Waals surface area contributed by atoms with Crippen molar-refractivity contribution in [3.05, 3.63) is 16.1 Å². The van der Waals surface area contributed by atoms with Crippen molar-refractivity contribution in [2.45, 2.75) is 43.6 Å². The van der Waals surface area contributed by atoms with Crippen molar-refractivity contribution in [2.75, 3.05) is 13.2 Å². The van der Waals surface area contributed by atoms with Gasteiger partial charge in [-0.05, 0) is 25.7 Å². The predicted octanol–water partition coefficient (Wildman–Crippen LogP) is 2.07. The number of hydrogen-bond acceptors (Lipinski definition) is 4. The van der Waals surface area contributed by atoms with Crippen molar-refractivity contribution in [3.63, 3.8) is 0 Å². The smallest absolute Gasteiger partial charge is 0.0983 e. The van der Waals surface area contributed by atoms with E-state index in [9.17, 15) is 0 Å². The second-order valence-corrected chi connectivity index (χ2v) is 6.02. The Morgan fingerprint density at radius 3 is 3.06 bits per heavy atom. The van der Waals surface area contributed by atoms with Crippen LogP contribution in [0.1, 0.15) is 42.3 Å². The summed E-state index contributed by atoms with van der Waals surface area (Å²) in [7, 11) is 0. The average Bonchev–Trinajstić information content (AvgIpc) is 2.83. The van der Waals surface area contributed by atoms with E-state index in [2.05, 4.69) is 5.38 Å². The fourth-order valence-electron chi connectivity index (χ4n) is 2.49. The van der Waals surface area contributed by atoms with Crippen LogP contribution in [0.5, 0.6) is 0 Å². The van der Waals surface area contributed by atoms with Crippen molar-refractivity contribution in [2.24, 2.45) is 5.73 Å². The summed E-state index contributed by atoms with van der Waals surface area (Å²) in [6.07, 6.45) is 5.68. The maximum absolute atomic E-state index is 6.24. The summed E-state index contributed by atoms with van der Waals surface area (Å²) in [6.45, 7) is 1.74. The topological polar surface area (TPSA) is 48.1 Å². The molecule has 1 aliphatic heterocycles. The fourth-order valence-corrected chi connectivity index (χ4v) is 3.43. The lowest BCUT2D eigenvalue weighted by Gasteiger charge is -2.37. The van der Waals surface area contributed by atoms with Crippen molar-refractivity contribution in [3.8, 4) is 0 Å². The van der Waals surface area contributed by atoms with E-state index in [4.69, 9.17) is 15.5 Å². The van der Waals surface area contributed by atoms with Gasteiger partial charge in [-0.3, -0.25) is 0 Å². The van der Waals surface area contributed by atoms with Gasteiger partial charge in [0.25, 0.3) is 0 Å². The second-order valence-electron chi connectivity index (χ2n) is 5.13. The van der Waals surface area contributed by atoms with Crippen LogP contribution in [0, 0.1) is 0 Å². The van der Waals surface area contributed by atoms with Gasteiger partial charge in [-0.15, -0.1) is 11.3 Å². The van der Waals surface area contributed by atoms with Gasteiger partial charge in [0.1, 0.15) is 0 Å². The monoisotopic (exact) mass is 238 g/mol. The van der Waals surface area contributed by atoms with Crippen LogP contribution in [-0.2, 0) is 11.2 Å². The van der Waals surface area contributed by atoms with Gasteiger partial charge in [0, 0.05) is 29.9 Å². The van der Waals surface area contributed by atoms with Crippen LogP contribution in [0.2, 0.25) is 0 Å². The third-order valence-electron chi connectivity index (χ3n) is 3.73. The second kappa shape index (κ2) is 4.09. The molecule has 4 heteroatoms. The van der Waals surface area contributed by atoms with Crippen molar-refractivity contribution in [1.82, 2.24) is 4.98 Å². The third kappa shape index (κ3) is 2.01. The molecule has 3 nitrogen and oxygen atoms in total. The highest BCUT2D eigenvalue weighted by Gasteiger charge is 2.33. The summed E-state index contributed by atoms with van der Waals surface area (Å²) >= 11 is 1.78. The molecule has 0 aromatic carbocycles. The summed E-state index contributed by atoms with van der Waals surface area (Å²) in [5, 5.41) is 3.43. The molecule has 0 bridgehead atoms. The van der Waals surface area contributed by atoms with Crippen molar-refractivity contribution < 1.29 is 4.74 Å². The molecule has 0 radical (unpaired) electrons. The molecule has 1 unspecified atom stereocenters. The molecule has 1 aliphatic carbocycles. The van der Waals surface area contributed by atoms with Crippen LogP contribution in [0.15, 0.2) is 5.38 Å². The SMILES string of the molecule is NC1(Cc2csc(C3CCOC3)n2)CCC1. The first-order valence-corrected chi connectivity index (χ1v) is 6.94. The first-order chi connectivity index (χ1) is 7.75. The maximum Gasteiger partial charge on any atom is 0.0983 e. The highest BCUT2D eigenvalue weighted by atomic mass is 32.1. The standard InChI is InChI=1S/C12H18N2OS/c13-12(3-1-4-12)6-10-8-16-11(14-10)9-2-5-15-7-9/h8-9H,1-7,13H2. The molecule has 1 atom stereocenters. The van der Waals surface area contributed by atoms with E-state index in [1.165, 1.54) is 17.1 Å². The van der Waals surface area contributed by atoms with E-state index in [0.29, 0.717) is 5.92 Å². The highest BCUT2D eigenvalue weighted by molar-refractivity contribution is 7.09. The molecule has 0 amide bonds. The molecule has 2 fully saturated rings. The predicted molar refractivity (Wildman–Crippen MR) is 64.8 cm³/mol. The first kappa shape index (κ1) is 10.7. The Morgan fingerprint density at radius 1 is 1.56 bits per heavy atom. The van der Waals surface area contributed by atoms with E-state index in [-0.39, 0.29) is 5.54 Å². The van der Waals surface area contributed by atoms with Crippen LogP contribution >= 0.6 is 11.3 Å². The van der Waals surface area contributed by atoms with E-state index in [1.807, 2.05) is 0 Å². The molecule has 1 aromatic heterocycles. The van der Waals surface area contributed by atoms with E-state index >= 15 is 0 Å². The number of nitrogens with zero attached hydrogens (tertiary/aromatic N) is 1. The minimum absolute atomic E-state index is 0.0531. The average molecular weight is 238 g/mol. The molecule has 16 heavy (non-hydrogen) atoms. The van der Waals surface area contributed by atoms with Gasteiger partial charge < -0.3 is 10.5 Å². The number of thiazole rings is 1. The van der Waals surface area contributed by atoms with Crippen LogP contribution in [0.4, 0.5) is 0 Å². The van der Waals surface area contributed by atoms with Crippen molar-refractivity contribution >= 4 is 11.3 Å². The fraction of sp³-hybridized carbons (Fsp3) is 0.750. The molecule has 2 aliphatic rings. The Bertz CT molecular complexity index is 367. The summed E-state index contributed by atoms with van der Waals surface area (Å²) in [5.74, 6) is 0.536. The lowest BCUT2D eigenvalue weighted by Crippen LogP contribution is -2.48. The molecule has 1 saturated carbocycles. The minimum atomic E-state index is 0.0531. The minimum Gasteiger partial charge on any atom is -0.381 e. The zero-order valence-electron chi connectivity index (χ0n) is 9.45. The van der Waals surface area contributed by atoms with Crippen LogP contribution < -0.4 is 5.73 Å². The number of hydrogen-bond donors (Lipinski definition) is 1. The van der Waals surface area contributed by atoms with E-state index < -0.39 is 0 Å². The van der Waals surface area contributed by atoms with Gasteiger partial charge in [0.2, 0.25) is 0 Å². The zero-order chi connectivity index (χ0) is 11.0. The van der Waals surface area contributed by atoms with Crippen LogP contribution in [-0.4, -0.2) is 23.7 Å². The summed E-state index contributed by atoms with van der Waals surface area (Å²) in [5.41, 5.74) is 7.48. The number of aromatic nitrogens is 1. The summed E-state index contributed by atoms with van der Waals surface area (Å²) in [6, 6.07) is 0. The van der Waals surface area contributed by atoms with E-state index in [0.717, 1.165) is 38.9 Å². The molecule has 88 valence electrons. The highest BCUT2D eigenvalue weighted by Crippen LogP contribution is 2.34. The molecule has 3 rings (SSSR count). The molecule has 2 N–H and O–H groups in total. The van der Waals surface area contributed by atoms with Crippen LogP contribution in [0.3, 0.4) is 0 Å². The van der Waals surface area contributed by atoms with Gasteiger partial charge in [-0.2, -0.15) is 0 Å². The Hall–Kier alpha value is -0.450. The van der Waals surface area contributed by atoms with Gasteiger partial charge in [-0.1, -0.05) is 0 Å².